The van der Waals surface area contributed by atoms with Gasteiger partial charge in [0.1, 0.15) is 11.3 Å². The van der Waals surface area contributed by atoms with Crippen LogP contribution in [0.25, 0.3) is 0 Å². The largest absolute Gasteiger partial charge is 0.386 e. The summed E-state index contributed by atoms with van der Waals surface area (Å²) in [5.74, 6) is 0. The molecular weight excluding hydrogens is 314 g/mol. The lowest BCUT2D eigenvalue weighted by Gasteiger charge is -2.11. The number of rotatable bonds is 5. The topological polar surface area (TPSA) is 76.5 Å². The number of benzene rings is 1. The van der Waals surface area contributed by atoms with Gasteiger partial charge in [0.2, 0.25) is 0 Å². The Labute approximate surface area is 128 Å². The lowest BCUT2D eigenvalue weighted by atomic mass is 10.2. The molecule has 0 saturated heterocycles. The number of aryl methyl sites for hydroxylation is 1. The van der Waals surface area contributed by atoms with Crippen molar-refractivity contribution in [2.45, 2.75) is 17.9 Å². The van der Waals surface area contributed by atoms with Crippen molar-refractivity contribution in [1.82, 2.24) is 4.98 Å². The van der Waals surface area contributed by atoms with Crippen LogP contribution in [0.15, 0.2) is 47.5 Å². The van der Waals surface area contributed by atoms with Crippen LogP contribution < -0.4 is 0 Å². The number of halogens is 1. The van der Waals surface area contributed by atoms with Gasteiger partial charge in [0.25, 0.3) is 10.1 Å². The van der Waals surface area contributed by atoms with E-state index in [0.29, 0.717) is 10.7 Å². The molecule has 1 aromatic heterocycles. The van der Waals surface area contributed by atoms with Crippen LogP contribution in [0.2, 0.25) is 5.15 Å². The molecule has 0 aliphatic carbocycles. The Morgan fingerprint density at radius 3 is 2.48 bits per heavy atom. The van der Waals surface area contributed by atoms with E-state index < -0.39 is 16.2 Å². The Hall–Kier alpha value is -1.47. The lowest BCUT2D eigenvalue weighted by Crippen LogP contribution is -2.13. The van der Waals surface area contributed by atoms with Gasteiger partial charge < -0.3 is 5.11 Å². The van der Waals surface area contributed by atoms with Gasteiger partial charge in [0.15, 0.2) is 0 Å². The van der Waals surface area contributed by atoms with E-state index in [0.717, 1.165) is 5.56 Å². The molecular formula is C14H14ClNO4S. The first kappa shape index (κ1) is 15.9. The Morgan fingerprint density at radius 1 is 1.24 bits per heavy atom. The minimum Gasteiger partial charge on any atom is -0.386 e. The fourth-order valence-corrected chi connectivity index (χ4v) is 2.63. The average molecular weight is 328 g/mol. The highest BCUT2D eigenvalue weighted by atomic mass is 35.5. The van der Waals surface area contributed by atoms with Crippen LogP contribution in [0.4, 0.5) is 0 Å². The Balaban J connectivity index is 2.04. The predicted octanol–water partition coefficient (Wildman–Crippen LogP) is 2.48. The van der Waals surface area contributed by atoms with Gasteiger partial charge in [-0.05, 0) is 25.1 Å². The average Bonchev–Trinajstić information content (AvgIpc) is 2.46. The number of pyridine rings is 1. The highest BCUT2D eigenvalue weighted by molar-refractivity contribution is 7.86. The lowest BCUT2D eigenvalue weighted by molar-refractivity contribution is 0.111. The first-order valence-electron chi connectivity index (χ1n) is 6.14. The molecule has 2 aromatic rings. The monoisotopic (exact) mass is 327 g/mol. The van der Waals surface area contributed by atoms with Crippen molar-refractivity contribution in [3.05, 3.63) is 58.9 Å². The molecule has 21 heavy (non-hydrogen) atoms. The molecule has 0 radical (unpaired) electrons. The second-order valence-electron chi connectivity index (χ2n) is 4.48. The van der Waals surface area contributed by atoms with Gasteiger partial charge in [0, 0.05) is 11.8 Å². The first-order valence-corrected chi connectivity index (χ1v) is 7.93. The molecule has 0 amide bonds. The summed E-state index contributed by atoms with van der Waals surface area (Å²) in [5.41, 5.74) is 1.37. The third-order valence-electron chi connectivity index (χ3n) is 2.83. The molecule has 1 unspecified atom stereocenters. The molecule has 1 atom stereocenters. The molecule has 5 nitrogen and oxygen atoms in total. The van der Waals surface area contributed by atoms with Crippen LogP contribution in [0.3, 0.4) is 0 Å². The van der Waals surface area contributed by atoms with E-state index in [1.165, 1.54) is 24.4 Å². The second kappa shape index (κ2) is 6.53. The number of nitrogens with zero attached hydrogens (tertiary/aromatic N) is 1. The molecule has 1 aromatic carbocycles. The zero-order valence-corrected chi connectivity index (χ0v) is 12.8. The molecule has 0 spiro atoms. The normalized spacial score (nSPS) is 13.1. The molecule has 1 heterocycles. The summed E-state index contributed by atoms with van der Waals surface area (Å²) in [6.07, 6.45) is 0.268. The molecule has 0 saturated carbocycles. The van der Waals surface area contributed by atoms with E-state index >= 15 is 0 Å². The smallest absolute Gasteiger partial charge is 0.297 e. The Morgan fingerprint density at radius 2 is 1.90 bits per heavy atom. The van der Waals surface area contributed by atoms with E-state index in [2.05, 4.69) is 4.98 Å². The molecule has 0 aliphatic rings. The summed E-state index contributed by atoms with van der Waals surface area (Å²) in [7, 11) is -3.89. The zero-order valence-electron chi connectivity index (χ0n) is 11.2. The SMILES string of the molecule is Cc1ccc(S(=O)(=O)OCC(O)c2ccc(Cl)nc2)cc1. The zero-order chi connectivity index (χ0) is 15.5. The summed E-state index contributed by atoms with van der Waals surface area (Å²) >= 11 is 5.64. The molecule has 0 bridgehead atoms. The van der Waals surface area contributed by atoms with Gasteiger partial charge in [-0.2, -0.15) is 8.42 Å². The third kappa shape index (κ3) is 4.25. The van der Waals surface area contributed by atoms with Gasteiger partial charge in [-0.1, -0.05) is 35.4 Å². The molecule has 7 heteroatoms. The summed E-state index contributed by atoms with van der Waals surface area (Å²) < 4.78 is 28.8. The van der Waals surface area contributed by atoms with Gasteiger partial charge >= 0.3 is 0 Å². The number of hydrogen-bond donors (Lipinski definition) is 1. The van der Waals surface area contributed by atoms with E-state index in [4.69, 9.17) is 15.8 Å². The van der Waals surface area contributed by atoms with Crippen molar-refractivity contribution in [3.63, 3.8) is 0 Å². The van der Waals surface area contributed by atoms with Crippen LogP contribution in [-0.2, 0) is 14.3 Å². The van der Waals surface area contributed by atoms with Gasteiger partial charge in [-0.25, -0.2) is 4.98 Å². The molecule has 2 rings (SSSR count). The van der Waals surface area contributed by atoms with Crippen molar-refractivity contribution >= 4 is 21.7 Å². The number of hydrogen-bond acceptors (Lipinski definition) is 5. The second-order valence-corrected chi connectivity index (χ2v) is 6.48. The summed E-state index contributed by atoms with van der Waals surface area (Å²) in [6, 6.07) is 9.34. The van der Waals surface area contributed by atoms with Crippen molar-refractivity contribution in [3.8, 4) is 0 Å². The minimum atomic E-state index is -3.89. The number of aromatic nitrogens is 1. The molecule has 1 N–H and O–H groups in total. The maximum atomic E-state index is 12.0. The van der Waals surface area contributed by atoms with Crippen molar-refractivity contribution in [2.75, 3.05) is 6.61 Å². The maximum Gasteiger partial charge on any atom is 0.297 e. The fraction of sp³-hybridized carbons (Fsp3) is 0.214. The van der Waals surface area contributed by atoms with Crippen molar-refractivity contribution < 1.29 is 17.7 Å². The van der Waals surface area contributed by atoms with Crippen LogP contribution in [-0.4, -0.2) is 25.1 Å². The van der Waals surface area contributed by atoms with Crippen molar-refractivity contribution in [1.29, 1.82) is 0 Å². The number of aliphatic hydroxyl groups is 1. The summed E-state index contributed by atoms with van der Waals surface area (Å²) in [6.45, 7) is 1.47. The Kier molecular flexibility index (Phi) is 4.95. The quantitative estimate of drug-likeness (QED) is 0.674. The third-order valence-corrected chi connectivity index (χ3v) is 4.35. The predicted molar refractivity (Wildman–Crippen MR) is 78.5 cm³/mol. The van der Waals surface area contributed by atoms with E-state index in [1.807, 2.05) is 6.92 Å². The van der Waals surface area contributed by atoms with Crippen LogP contribution >= 0.6 is 11.6 Å². The van der Waals surface area contributed by atoms with Gasteiger partial charge in [-0.3, -0.25) is 4.18 Å². The van der Waals surface area contributed by atoms with Crippen LogP contribution in [0.5, 0.6) is 0 Å². The molecule has 0 aliphatic heterocycles. The highest BCUT2D eigenvalue weighted by Gasteiger charge is 2.18. The van der Waals surface area contributed by atoms with E-state index in [9.17, 15) is 13.5 Å². The summed E-state index contributed by atoms with van der Waals surface area (Å²) in [4.78, 5) is 3.86. The van der Waals surface area contributed by atoms with Crippen LogP contribution in [0.1, 0.15) is 17.2 Å². The van der Waals surface area contributed by atoms with E-state index in [1.54, 1.807) is 18.2 Å². The maximum absolute atomic E-state index is 12.0. The van der Waals surface area contributed by atoms with Gasteiger partial charge in [-0.15, -0.1) is 0 Å². The van der Waals surface area contributed by atoms with Gasteiger partial charge in [0.05, 0.1) is 11.5 Å². The molecule has 112 valence electrons. The minimum absolute atomic E-state index is 0.0505. The van der Waals surface area contributed by atoms with E-state index in [-0.39, 0.29) is 11.5 Å². The summed E-state index contributed by atoms with van der Waals surface area (Å²) in [5, 5.41) is 10.2. The number of aliphatic hydroxyl groups excluding tert-OH is 1. The first-order chi connectivity index (χ1) is 9.88. The fourth-order valence-electron chi connectivity index (χ4n) is 1.61. The van der Waals surface area contributed by atoms with Crippen molar-refractivity contribution in [2.24, 2.45) is 0 Å². The Bertz CT molecular complexity index is 699. The highest BCUT2D eigenvalue weighted by Crippen LogP contribution is 2.18. The molecule has 0 fully saturated rings. The van der Waals surface area contributed by atoms with Crippen LogP contribution in [0, 0.1) is 6.92 Å². The standard InChI is InChI=1S/C14H14ClNO4S/c1-10-2-5-12(6-3-10)21(18,19)20-9-13(17)11-4-7-14(15)16-8-11/h2-8,13,17H,9H2,1H3.